The fourth-order valence-electron chi connectivity index (χ4n) is 1.22. The van der Waals surface area contributed by atoms with Gasteiger partial charge in [-0.1, -0.05) is 13.8 Å². The van der Waals surface area contributed by atoms with Crippen molar-refractivity contribution in [2.24, 2.45) is 5.41 Å². The summed E-state index contributed by atoms with van der Waals surface area (Å²) in [5.74, 6) is 0.603. The van der Waals surface area contributed by atoms with Crippen molar-refractivity contribution < 1.29 is 9.53 Å². The molecule has 1 heterocycles. The van der Waals surface area contributed by atoms with Crippen LogP contribution in [0.2, 0.25) is 0 Å². The van der Waals surface area contributed by atoms with Crippen LogP contribution < -0.4 is 0 Å². The molecule has 1 aliphatic heterocycles. The third kappa shape index (κ3) is 1.59. The number of allylic oxidation sites excluding steroid dienone is 2. The molecular weight excluding hydrogens is 128 g/mol. The number of ether oxygens (including phenoxy) is 1. The molecule has 0 saturated carbocycles. The summed E-state index contributed by atoms with van der Waals surface area (Å²) in [6.07, 6.45) is 2.47. The molecule has 0 aromatic rings. The third-order valence-corrected chi connectivity index (χ3v) is 1.47. The van der Waals surface area contributed by atoms with Crippen LogP contribution in [0.25, 0.3) is 0 Å². The maximum Gasteiger partial charge on any atom is 0.311 e. The van der Waals surface area contributed by atoms with Crippen molar-refractivity contribution >= 4 is 5.97 Å². The molecule has 0 amide bonds. The maximum atomic E-state index is 10.8. The predicted molar refractivity (Wildman–Crippen MR) is 38.2 cm³/mol. The smallest absolute Gasteiger partial charge is 0.311 e. The van der Waals surface area contributed by atoms with E-state index in [0.717, 1.165) is 5.76 Å². The summed E-state index contributed by atoms with van der Waals surface area (Å²) in [6, 6.07) is 0. The van der Waals surface area contributed by atoms with Gasteiger partial charge in [-0.05, 0) is 18.4 Å². The van der Waals surface area contributed by atoms with Crippen molar-refractivity contribution in [1.29, 1.82) is 0 Å². The second kappa shape index (κ2) is 2.11. The van der Waals surface area contributed by atoms with Crippen LogP contribution in [0.1, 0.15) is 27.2 Å². The Morgan fingerprint density at radius 1 is 1.60 bits per heavy atom. The topological polar surface area (TPSA) is 26.3 Å². The van der Waals surface area contributed by atoms with Crippen LogP contribution in [0.5, 0.6) is 0 Å². The summed E-state index contributed by atoms with van der Waals surface area (Å²) in [4.78, 5) is 10.8. The van der Waals surface area contributed by atoms with Gasteiger partial charge in [0.1, 0.15) is 5.76 Å². The molecule has 0 aliphatic carbocycles. The van der Waals surface area contributed by atoms with Crippen LogP contribution in [0.15, 0.2) is 11.8 Å². The van der Waals surface area contributed by atoms with Crippen LogP contribution in [-0.4, -0.2) is 5.97 Å². The Balaban J connectivity index is 2.83. The molecule has 0 saturated heterocycles. The van der Waals surface area contributed by atoms with E-state index in [1.165, 1.54) is 0 Å². The molecule has 0 aromatic carbocycles. The lowest BCUT2D eigenvalue weighted by Crippen LogP contribution is -2.21. The van der Waals surface area contributed by atoms with E-state index in [1.54, 1.807) is 6.92 Å². The van der Waals surface area contributed by atoms with Gasteiger partial charge in [-0.2, -0.15) is 0 Å². The summed E-state index contributed by atoms with van der Waals surface area (Å²) in [6.45, 7) is 5.85. The molecule has 10 heavy (non-hydrogen) atoms. The van der Waals surface area contributed by atoms with E-state index in [-0.39, 0.29) is 11.4 Å². The SMILES string of the molecule is CC1=CC(C)(C)CC(=O)O1. The van der Waals surface area contributed by atoms with Crippen molar-refractivity contribution in [3.8, 4) is 0 Å². The quantitative estimate of drug-likeness (QED) is 0.480. The lowest BCUT2D eigenvalue weighted by Gasteiger charge is -2.24. The van der Waals surface area contributed by atoms with Crippen LogP contribution in [0, 0.1) is 5.41 Å². The summed E-state index contributed by atoms with van der Waals surface area (Å²) in [5.41, 5.74) is -0.0145. The maximum absolute atomic E-state index is 10.8. The molecule has 0 unspecified atom stereocenters. The zero-order valence-electron chi connectivity index (χ0n) is 6.60. The van der Waals surface area contributed by atoms with E-state index >= 15 is 0 Å². The second-order valence-corrected chi connectivity index (χ2v) is 3.39. The molecule has 0 aromatic heterocycles. The van der Waals surface area contributed by atoms with Gasteiger partial charge in [-0.25, -0.2) is 0 Å². The van der Waals surface area contributed by atoms with Crippen molar-refractivity contribution in [3.63, 3.8) is 0 Å². The lowest BCUT2D eigenvalue weighted by molar-refractivity contribution is -0.142. The Bertz CT molecular complexity index is 189. The van der Waals surface area contributed by atoms with E-state index in [2.05, 4.69) is 0 Å². The minimum absolute atomic E-state index is 0.0145. The number of esters is 1. The van der Waals surface area contributed by atoms with Crippen LogP contribution in [0.3, 0.4) is 0 Å². The number of rotatable bonds is 0. The summed E-state index contributed by atoms with van der Waals surface area (Å²) >= 11 is 0. The average Bonchev–Trinajstić information content (AvgIpc) is 1.54. The Hall–Kier alpha value is -0.790. The molecule has 0 atom stereocenters. The molecule has 2 nitrogen and oxygen atoms in total. The van der Waals surface area contributed by atoms with E-state index in [9.17, 15) is 4.79 Å². The number of cyclic esters (lactones) is 1. The van der Waals surface area contributed by atoms with Gasteiger partial charge < -0.3 is 4.74 Å². The summed E-state index contributed by atoms with van der Waals surface area (Å²) in [5, 5.41) is 0. The van der Waals surface area contributed by atoms with Crippen molar-refractivity contribution in [2.75, 3.05) is 0 Å². The molecule has 0 spiro atoms. The summed E-state index contributed by atoms with van der Waals surface area (Å²) < 4.78 is 4.84. The average molecular weight is 140 g/mol. The highest BCUT2D eigenvalue weighted by Crippen LogP contribution is 2.28. The van der Waals surface area contributed by atoms with E-state index < -0.39 is 0 Å². The molecule has 56 valence electrons. The van der Waals surface area contributed by atoms with Gasteiger partial charge in [-0.3, -0.25) is 4.79 Å². The predicted octanol–water partition coefficient (Wildman–Crippen LogP) is 1.86. The Labute approximate surface area is 60.9 Å². The normalized spacial score (nSPS) is 23.5. The molecule has 2 heteroatoms. The molecular formula is C8H12O2. The number of hydrogen-bond donors (Lipinski definition) is 0. The lowest BCUT2D eigenvalue weighted by atomic mass is 9.87. The minimum Gasteiger partial charge on any atom is -0.432 e. The Morgan fingerprint density at radius 2 is 2.20 bits per heavy atom. The molecule has 1 rings (SSSR count). The third-order valence-electron chi connectivity index (χ3n) is 1.47. The molecule has 0 bridgehead atoms. The van der Waals surface area contributed by atoms with Crippen LogP contribution in [-0.2, 0) is 9.53 Å². The highest BCUT2D eigenvalue weighted by Gasteiger charge is 2.25. The highest BCUT2D eigenvalue weighted by atomic mass is 16.5. The van der Waals surface area contributed by atoms with E-state index in [4.69, 9.17) is 4.74 Å². The first-order valence-corrected chi connectivity index (χ1v) is 3.40. The van der Waals surface area contributed by atoms with Gasteiger partial charge in [-0.15, -0.1) is 0 Å². The minimum atomic E-state index is -0.120. The Kier molecular flexibility index (Phi) is 1.55. The first-order valence-electron chi connectivity index (χ1n) is 3.40. The van der Waals surface area contributed by atoms with Gasteiger partial charge in [0.05, 0.1) is 6.42 Å². The zero-order chi connectivity index (χ0) is 7.78. The monoisotopic (exact) mass is 140 g/mol. The molecule has 0 radical (unpaired) electrons. The largest absolute Gasteiger partial charge is 0.432 e. The first-order chi connectivity index (χ1) is 4.49. The molecule has 0 fully saturated rings. The van der Waals surface area contributed by atoms with Gasteiger partial charge in [0, 0.05) is 0 Å². The second-order valence-electron chi connectivity index (χ2n) is 3.39. The van der Waals surface area contributed by atoms with Crippen molar-refractivity contribution in [3.05, 3.63) is 11.8 Å². The van der Waals surface area contributed by atoms with Crippen LogP contribution >= 0.6 is 0 Å². The first kappa shape index (κ1) is 7.32. The van der Waals surface area contributed by atoms with Gasteiger partial charge in [0.25, 0.3) is 0 Å². The number of hydrogen-bond acceptors (Lipinski definition) is 2. The molecule has 1 aliphatic rings. The Morgan fingerprint density at radius 3 is 2.60 bits per heavy atom. The fraction of sp³-hybridized carbons (Fsp3) is 0.625. The van der Waals surface area contributed by atoms with Gasteiger partial charge in [0.2, 0.25) is 0 Å². The zero-order valence-corrected chi connectivity index (χ0v) is 6.60. The molecule has 0 N–H and O–H groups in total. The highest BCUT2D eigenvalue weighted by molar-refractivity contribution is 5.72. The van der Waals surface area contributed by atoms with Crippen molar-refractivity contribution in [1.82, 2.24) is 0 Å². The number of carbonyl (C=O) groups excluding carboxylic acids is 1. The number of carbonyl (C=O) groups is 1. The van der Waals surface area contributed by atoms with E-state index in [1.807, 2.05) is 19.9 Å². The summed E-state index contributed by atoms with van der Waals surface area (Å²) in [7, 11) is 0. The fourth-order valence-corrected chi connectivity index (χ4v) is 1.22. The van der Waals surface area contributed by atoms with Crippen molar-refractivity contribution in [2.45, 2.75) is 27.2 Å². The van der Waals surface area contributed by atoms with Gasteiger partial charge >= 0.3 is 5.97 Å². The van der Waals surface area contributed by atoms with E-state index in [0.29, 0.717) is 6.42 Å². The standard InChI is InChI=1S/C8H12O2/c1-6-4-8(2,3)5-7(9)10-6/h4H,5H2,1-3H3. The van der Waals surface area contributed by atoms with Crippen LogP contribution in [0.4, 0.5) is 0 Å². The van der Waals surface area contributed by atoms with Gasteiger partial charge in [0.15, 0.2) is 0 Å².